The van der Waals surface area contributed by atoms with Gasteiger partial charge in [-0.2, -0.15) is 10.1 Å². The van der Waals surface area contributed by atoms with E-state index in [1.165, 1.54) is 6.33 Å². The monoisotopic (exact) mass is 306 g/mol. The molecule has 120 valence electrons. The second-order valence-corrected chi connectivity index (χ2v) is 6.05. The van der Waals surface area contributed by atoms with Crippen LogP contribution in [0.25, 0.3) is 0 Å². The van der Waals surface area contributed by atoms with Crippen LogP contribution in [0.1, 0.15) is 25.6 Å². The van der Waals surface area contributed by atoms with E-state index < -0.39 is 0 Å². The fourth-order valence-corrected chi connectivity index (χ4v) is 2.56. The Kier molecular flexibility index (Phi) is 4.79. The molecule has 1 saturated heterocycles. The van der Waals surface area contributed by atoms with Gasteiger partial charge in [-0.3, -0.25) is 9.58 Å². The van der Waals surface area contributed by atoms with Gasteiger partial charge < -0.3 is 9.26 Å². The van der Waals surface area contributed by atoms with Gasteiger partial charge in [-0.25, -0.2) is 4.98 Å². The van der Waals surface area contributed by atoms with Gasteiger partial charge in [-0.05, 0) is 5.92 Å². The number of aromatic nitrogens is 5. The summed E-state index contributed by atoms with van der Waals surface area (Å²) in [5, 5.41) is 8.19. The summed E-state index contributed by atoms with van der Waals surface area (Å²) in [5.74, 6) is 1.98. The standard InChI is InChI=1S/C14H22N6O2/c1-11(2)5-14-17-13(18-22-14)8-19-3-4-21-12(6-19)7-20-10-15-9-16-20/h9-12H,3-8H2,1-2H3/t12-/m1/s1. The zero-order chi connectivity index (χ0) is 15.4. The molecule has 0 saturated carbocycles. The van der Waals surface area contributed by atoms with E-state index in [4.69, 9.17) is 9.26 Å². The summed E-state index contributed by atoms with van der Waals surface area (Å²) in [5.41, 5.74) is 0. The van der Waals surface area contributed by atoms with Crippen LogP contribution in [0.5, 0.6) is 0 Å². The largest absolute Gasteiger partial charge is 0.374 e. The number of hydrogen-bond donors (Lipinski definition) is 0. The normalized spacial score (nSPS) is 19.9. The Morgan fingerprint density at radius 3 is 3.09 bits per heavy atom. The van der Waals surface area contributed by atoms with Crippen molar-refractivity contribution in [2.75, 3.05) is 19.7 Å². The van der Waals surface area contributed by atoms with Gasteiger partial charge in [0.1, 0.15) is 12.7 Å². The van der Waals surface area contributed by atoms with Crippen molar-refractivity contribution in [2.45, 2.75) is 39.5 Å². The highest BCUT2D eigenvalue weighted by Crippen LogP contribution is 2.11. The number of hydrogen-bond acceptors (Lipinski definition) is 7. The lowest BCUT2D eigenvalue weighted by atomic mass is 10.1. The summed E-state index contributed by atoms with van der Waals surface area (Å²) < 4.78 is 12.9. The summed E-state index contributed by atoms with van der Waals surface area (Å²) in [6, 6.07) is 0. The molecule has 0 bridgehead atoms. The molecule has 8 heteroatoms. The van der Waals surface area contributed by atoms with Crippen LogP contribution in [0.2, 0.25) is 0 Å². The highest BCUT2D eigenvalue weighted by Gasteiger charge is 2.22. The van der Waals surface area contributed by atoms with Crippen LogP contribution in [-0.2, 0) is 24.2 Å². The van der Waals surface area contributed by atoms with Gasteiger partial charge in [0.05, 0.1) is 25.8 Å². The summed E-state index contributed by atoms with van der Waals surface area (Å²) in [6.07, 6.45) is 4.18. The lowest BCUT2D eigenvalue weighted by molar-refractivity contribution is -0.0411. The van der Waals surface area contributed by atoms with E-state index in [1.807, 2.05) is 0 Å². The molecule has 3 heterocycles. The van der Waals surface area contributed by atoms with E-state index in [9.17, 15) is 0 Å². The second kappa shape index (κ2) is 6.97. The van der Waals surface area contributed by atoms with Crippen molar-refractivity contribution in [2.24, 2.45) is 5.92 Å². The van der Waals surface area contributed by atoms with Gasteiger partial charge in [0.2, 0.25) is 5.89 Å². The first-order valence-corrected chi connectivity index (χ1v) is 7.67. The average Bonchev–Trinajstić information content (AvgIpc) is 3.11. The second-order valence-electron chi connectivity index (χ2n) is 6.05. The molecule has 1 aliphatic rings. The van der Waals surface area contributed by atoms with Gasteiger partial charge in [0, 0.05) is 19.5 Å². The minimum Gasteiger partial charge on any atom is -0.374 e. The molecule has 0 spiro atoms. The zero-order valence-electron chi connectivity index (χ0n) is 13.1. The van der Waals surface area contributed by atoms with E-state index in [-0.39, 0.29) is 6.10 Å². The Balaban J connectivity index is 1.52. The fourth-order valence-electron chi connectivity index (χ4n) is 2.56. The topological polar surface area (TPSA) is 82.1 Å². The van der Waals surface area contributed by atoms with Gasteiger partial charge in [-0.15, -0.1) is 0 Å². The Morgan fingerprint density at radius 2 is 2.32 bits per heavy atom. The smallest absolute Gasteiger partial charge is 0.226 e. The molecule has 1 fully saturated rings. The summed E-state index contributed by atoms with van der Waals surface area (Å²) in [7, 11) is 0. The minimum absolute atomic E-state index is 0.109. The third kappa shape index (κ3) is 4.11. The Morgan fingerprint density at radius 1 is 1.41 bits per heavy atom. The molecule has 3 rings (SSSR count). The first-order valence-electron chi connectivity index (χ1n) is 7.67. The molecule has 0 aliphatic carbocycles. The molecular formula is C14H22N6O2. The van der Waals surface area contributed by atoms with Gasteiger partial charge in [0.25, 0.3) is 0 Å². The van der Waals surface area contributed by atoms with E-state index in [2.05, 4.69) is 39.0 Å². The molecular weight excluding hydrogens is 284 g/mol. The van der Waals surface area contributed by atoms with Crippen molar-refractivity contribution < 1.29 is 9.26 Å². The molecule has 0 aromatic carbocycles. The molecule has 2 aromatic rings. The number of ether oxygens (including phenoxy) is 1. The molecule has 8 nitrogen and oxygen atoms in total. The highest BCUT2D eigenvalue weighted by molar-refractivity contribution is 4.88. The molecule has 22 heavy (non-hydrogen) atoms. The number of rotatable bonds is 6. The van der Waals surface area contributed by atoms with Crippen LogP contribution in [0.4, 0.5) is 0 Å². The van der Waals surface area contributed by atoms with E-state index >= 15 is 0 Å². The van der Waals surface area contributed by atoms with Crippen LogP contribution in [0, 0.1) is 5.92 Å². The molecule has 0 N–H and O–H groups in total. The van der Waals surface area contributed by atoms with Crippen molar-refractivity contribution in [3.63, 3.8) is 0 Å². The maximum atomic E-state index is 5.78. The number of morpholine rings is 1. The van der Waals surface area contributed by atoms with Crippen LogP contribution >= 0.6 is 0 Å². The lowest BCUT2D eigenvalue weighted by Gasteiger charge is -2.31. The minimum atomic E-state index is 0.109. The van der Waals surface area contributed by atoms with Crippen molar-refractivity contribution in [1.29, 1.82) is 0 Å². The van der Waals surface area contributed by atoms with Crippen LogP contribution < -0.4 is 0 Å². The van der Waals surface area contributed by atoms with Gasteiger partial charge in [-0.1, -0.05) is 19.0 Å². The van der Waals surface area contributed by atoms with Gasteiger partial charge in [0.15, 0.2) is 5.82 Å². The molecule has 0 amide bonds. The van der Waals surface area contributed by atoms with Crippen molar-refractivity contribution in [3.05, 3.63) is 24.4 Å². The molecule has 0 radical (unpaired) electrons. The van der Waals surface area contributed by atoms with Gasteiger partial charge >= 0.3 is 0 Å². The molecule has 1 atom stereocenters. The Bertz CT molecular complexity index is 568. The van der Waals surface area contributed by atoms with Crippen LogP contribution in [0.3, 0.4) is 0 Å². The molecule has 0 unspecified atom stereocenters. The summed E-state index contributed by atoms with van der Waals surface area (Å²) >= 11 is 0. The Labute approximate surface area is 129 Å². The van der Waals surface area contributed by atoms with Crippen LogP contribution in [0.15, 0.2) is 17.2 Å². The van der Waals surface area contributed by atoms with Crippen molar-refractivity contribution in [3.8, 4) is 0 Å². The Hall–Kier alpha value is -1.80. The van der Waals surface area contributed by atoms with E-state index in [1.54, 1.807) is 11.0 Å². The quantitative estimate of drug-likeness (QED) is 0.779. The summed E-state index contributed by atoms with van der Waals surface area (Å²) in [6.45, 7) is 8.09. The lowest BCUT2D eigenvalue weighted by Crippen LogP contribution is -2.43. The average molecular weight is 306 g/mol. The summed E-state index contributed by atoms with van der Waals surface area (Å²) in [4.78, 5) is 10.7. The van der Waals surface area contributed by atoms with E-state index in [0.29, 0.717) is 25.6 Å². The number of nitrogens with zero attached hydrogens (tertiary/aromatic N) is 6. The maximum Gasteiger partial charge on any atom is 0.226 e. The predicted octanol–water partition coefficient (Wildman–Crippen LogP) is 0.761. The van der Waals surface area contributed by atoms with Crippen molar-refractivity contribution >= 4 is 0 Å². The highest BCUT2D eigenvalue weighted by atomic mass is 16.5. The third-order valence-electron chi connectivity index (χ3n) is 3.54. The molecule has 2 aromatic heterocycles. The first-order chi connectivity index (χ1) is 10.7. The maximum absolute atomic E-state index is 5.78. The third-order valence-corrected chi connectivity index (χ3v) is 3.54. The van der Waals surface area contributed by atoms with Crippen LogP contribution in [-0.4, -0.2) is 55.6 Å². The zero-order valence-corrected chi connectivity index (χ0v) is 13.1. The molecule has 1 aliphatic heterocycles. The fraction of sp³-hybridized carbons (Fsp3) is 0.714. The van der Waals surface area contributed by atoms with E-state index in [0.717, 1.165) is 31.2 Å². The first kappa shape index (κ1) is 15.1. The predicted molar refractivity (Wildman–Crippen MR) is 77.9 cm³/mol. The van der Waals surface area contributed by atoms with Crippen molar-refractivity contribution in [1.82, 2.24) is 29.8 Å². The SMILES string of the molecule is CC(C)Cc1nc(CN2CCO[C@@H](Cn3cncn3)C2)no1.